The number of carbonyl (C=O) groups is 3. The van der Waals surface area contributed by atoms with Crippen LogP contribution in [0.25, 0.3) is 0 Å². The van der Waals surface area contributed by atoms with E-state index in [1.165, 1.54) is 0 Å². The number of hydrogen-bond acceptors (Lipinski definition) is 3. The lowest BCUT2D eigenvalue weighted by atomic mass is 10.1. The van der Waals surface area contributed by atoms with Gasteiger partial charge in [0.25, 0.3) is 0 Å². The van der Waals surface area contributed by atoms with Gasteiger partial charge in [-0.05, 0) is 42.7 Å². The molecule has 3 amide bonds. The first-order chi connectivity index (χ1) is 13.6. The number of amides is 3. The molecule has 4 rings (SSSR count). The molecule has 0 radical (unpaired) electrons. The highest BCUT2D eigenvalue weighted by Crippen LogP contribution is 2.30. The molecule has 2 aliphatic rings. The molecule has 0 aromatic heterocycles. The lowest BCUT2D eigenvalue weighted by Gasteiger charge is -2.16. The van der Waals surface area contributed by atoms with Crippen molar-refractivity contribution in [3.63, 3.8) is 0 Å². The van der Waals surface area contributed by atoms with Crippen molar-refractivity contribution in [2.45, 2.75) is 25.8 Å². The molecule has 2 aromatic carbocycles. The van der Waals surface area contributed by atoms with Gasteiger partial charge >= 0.3 is 0 Å². The van der Waals surface area contributed by atoms with Gasteiger partial charge in [-0.3, -0.25) is 14.4 Å². The van der Waals surface area contributed by atoms with E-state index in [0.717, 1.165) is 24.1 Å². The highest BCUT2D eigenvalue weighted by Gasteiger charge is 2.34. The van der Waals surface area contributed by atoms with Crippen LogP contribution in [-0.4, -0.2) is 29.2 Å². The van der Waals surface area contributed by atoms with Crippen LogP contribution in [-0.2, 0) is 20.9 Å². The Morgan fingerprint density at radius 3 is 2.00 bits per heavy atom. The second-order valence-electron chi connectivity index (χ2n) is 7.49. The maximum absolute atomic E-state index is 12.6. The van der Waals surface area contributed by atoms with Crippen LogP contribution in [0, 0.1) is 11.8 Å². The topological polar surface area (TPSA) is 78.5 Å². The molecule has 28 heavy (non-hydrogen) atoms. The van der Waals surface area contributed by atoms with Gasteiger partial charge in [-0.25, -0.2) is 0 Å². The Labute approximate surface area is 163 Å². The summed E-state index contributed by atoms with van der Waals surface area (Å²) < 4.78 is 0. The highest BCUT2D eigenvalue weighted by molar-refractivity contribution is 5.98. The van der Waals surface area contributed by atoms with Crippen molar-refractivity contribution in [3.8, 4) is 0 Å². The fourth-order valence-electron chi connectivity index (χ4n) is 3.38. The minimum atomic E-state index is -0.356. The lowest BCUT2D eigenvalue weighted by Crippen LogP contribution is -2.28. The van der Waals surface area contributed by atoms with E-state index >= 15 is 0 Å². The van der Waals surface area contributed by atoms with Crippen LogP contribution >= 0.6 is 0 Å². The summed E-state index contributed by atoms with van der Waals surface area (Å²) in [4.78, 5) is 38.3. The molecular formula is C22H23N3O3. The van der Waals surface area contributed by atoms with E-state index in [1.807, 2.05) is 30.3 Å². The molecular weight excluding hydrogens is 354 g/mol. The Kier molecular flexibility index (Phi) is 5.10. The number of rotatable bonds is 6. The third kappa shape index (κ3) is 4.39. The average molecular weight is 377 g/mol. The van der Waals surface area contributed by atoms with Crippen molar-refractivity contribution in [2.24, 2.45) is 11.8 Å². The van der Waals surface area contributed by atoms with Crippen molar-refractivity contribution < 1.29 is 14.4 Å². The Bertz CT molecular complexity index is 876. The third-order valence-electron chi connectivity index (χ3n) is 5.17. The summed E-state index contributed by atoms with van der Waals surface area (Å²) in [6.45, 7) is 0.952. The molecule has 1 atom stereocenters. The molecule has 1 heterocycles. The molecule has 2 aromatic rings. The Morgan fingerprint density at radius 2 is 1.43 bits per heavy atom. The summed E-state index contributed by atoms with van der Waals surface area (Å²) in [7, 11) is 0. The van der Waals surface area contributed by atoms with Crippen molar-refractivity contribution in [3.05, 3.63) is 60.2 Å². The Hall–Kier alpha value is -3.15. The molecule has 1 saturated heterocycles. The van der Waals surface area contributed by atoms with Crippen LogP contribution < -0.4 is 10.6 Å². The van der Waals surface area contributed by atoms with E-state index in [4.69, 9.17) is 0 Å². The van der Waals surface area contributed by atoms with E-state index in [0.29, 0.717) is 18.8 Å². The average Bonchev–Trinajstić information content (AvgIpc) is 3.49. The number of nitrogens with zero attached hydrogens (tertiary/aromatic N) is 1. The normalized spacial score (nSPS) is 18.8. The van der Waals surface area contributed by atoms with Gasteiger partial charge in [0.15, 0.2) is 0 Å². The summed E-state index contributed by atoms with van der Waals surface area (Å²) in [6.07, 6.45) is 2.15. The zero-order chi connectivity index (χ0) is 19.5. The molecule has 1 aliphatic carbocycles. The van der Waals surface area contributed by atoms with Crippen LogP contribution in [0.4, 0.5) is 11.4 Å². The van der Waals surface area contributed by atoms with Gasteiger partial charge in [0.2, 0.25) is 17.7 Å². The zero-order valence-electron chi connectivity index (χ0n) is 15.6. The molecule has 1 saturated carbocycles. The molecule has 6 heteroatoms. The first-order valence-electron chi connectivity index (χ1n) is 9.62. The molecule has 2 N–H and O–H groups in total. The summed E-state index contributed by atoms with van der Waals surface area (Å²) >= 11 is 0. The van der Waals surface area contributed by atoms with E-state index in [2.05, 4.69) is 10.6 Å². The van der Waals surface area contributed by atoms with Crippen LogP contribution in [0.2, 0.25) is 0 Å². The molecule has 0 unspecified atom stereocenters. The zero-order valence-corrected chi connectivity index (χ0v) is 15.6. The van der Waals surface area contributed by atoms with Gasteiger partial charge in [0.05, 0.1) is 5.92 Å². The van der Waals surface area contributed by atoms with Crippen LogP contribution in [0.15, 0.2) is 54.6 Å². The minimum absolute atomic E-state index is 0.00198. The third-order valence-corrected chi connectivity index (χ3v) is 5.17. The Balaban J connectivity index is 1.31. The standard InChI is InChI=1S/C22H23N3O3/c26-20-12-17(14-25(20)13-15-4-2-1-3-5-15)22(28)24-19-10-8-18(9-11-19)23-21(27)16-6-7-16/h1-5,8-11,16-17H,6-7,12-14H2,(H,23,27)(H,24,28)/t17-/m1/s1. The van der Waals surface area contributed by atoms with Crippen molar-refractivity contribution in [2.75, 3.05) is 17.2 Å². The fraction of sp³-hybridized carbons (Fsp3) is 0.318. The predicted molar refractivity (Wildman–Crippen MR) is 106 cm³/mol. The number of hydrogen-bond donors (Lipinski definition) is 2. The van der Waals surface area contributed by atoms with E-state index in [9.17, 15) is 14.4 Å². The van der Waals surface area contributed by atoms with Gasteiger partial charge < -0.3 is 15.5 Å². The first-order valence-corrected chi connectivity index (χ1v) is 9.62. The smallest absolute Gasteiger partial charge is 0.229 e. The maximum atomic E-state index is 12.6. The summed E-state index contributed by atoms with van der Waals surface area (Å²) in [5.74, 6) is -0.302. The SMILES string of the molecule is O=C(Nc1ccc(NC(=O)[C@@H]2CC(=O)N(Cc3ccccc3)C2)cc1)C1CC1. The van der Waals surface area contributed by atoms with E-state index < -0.39 is 0 Å². The summed E-state index contributed by atoms with van der Waals surface area (Å²) in [6, 6.07) is 16.9. The predicted octanol–water partition coefficient (Wildman–Crippen LogP) is 3.02. The van der Waals surface area contributed by atoms with Gasteiger partial charge in [-0.2, -0.15) is 0 Å². The largest absolute Gasteiger partial charge is 0.338 e. The summed E-state index contributed by atoms with van der Waals surface area (Å²) in [5, 5.41) is 5.75. The molecule has 0 bridgehead atoms. The van der Waals surface area contributed by atoms with Crippen LogP contribution in [0.3, 0.4) is 0 Å². The number of benzene rings is 2. The highest BCUT2D eigenvalue weighted by atomic mass is 16.2. The second kappa shape index (κ2) is 7.84. The van der Waals surface area contributed by atoms with E-state index in [-0.39, 0.29) is 36.0 Å². The van der Waals surface area contributed by atoms with E-state index in [1.54, 1.807) is 29.2 Å². The summed E-state index contributed by atoms with van der Waals surface area (Å²) in [5.41, 5.74) is 2.43. The first kappa shape index (κ1) is 18.2. The van der Waals surface area contributed by atoms with Crippen molar-refractivity contribution in [1.29, 1.82) is 0 Å². The minimum Gasteiger partial charge on any atom is -0.338 e. The number of likely N-dealkylation sites (tertiary alicyclic amines) is 1. The van der Waals surface area contributed by atoms with Gasteiger partial charge in [0, 0.05) is 36.8 Å². The monoisotopic (exact) mass is 377 g/mol. The van der Waals surface area contributed by atoms with Gasteiger partial charge in [-0.1, -0.05) is 30.3 Å². The number of anilines is 2. The quantitative estimate of drug-likeness (QED) is 0.812. The molecule has 144 valence electrons. The second-order valence-corrected chi connectivity index (χ2v) is 7.49. The van der Waals surface area contributed by atoms with Crippen molar-refractivity contribution >= 4 is 29.1 Å². The molecule has 1 aliphatic heterocycles. The Morgan fingerprint density at radius 1 is 0.857 bits per heavy atom. The fourth-order valence-corrected chi connectivity index (χ4v) is 3.38. The molecule has 6 nitrogen and oxygen atoms in total. The van der Waals surface area contributed by atoms with Gasteiger partial charge in [-0.15, -0.1) is 0 Å². The van der Waals surface area contributed by atoms with Crippen LogP contribution in [0.1, 0.15) is 24.8 Å². The van der Waals surface area contributed by atoms with Gasteiger partial charge in [0.1, 0.15) is 0 Å². The maximum Gasteiger partial charge on any atom is 0.229 e. The lowest BCUT2D eigenvalue weighted by molar-refractivity contribution is -0.128. The molecule has 0 spiro atoms. The van der Waals surface area contributed by atoms with Crippen molar-refractivity contribution in [1.82, 2.24) is 4.90 Å². The number of nitrogens with one attached hydrogen (secondary N) is 2. The molecule has 2 fully saturated rings. The number of carbonyl (C=O) groups excluding carboxylic acids is 3. The van der Waals surface area contributed by atoms with Crippen LogP contribution in [0.5, 0.6) is 0 Å².